The molecule has 162 valence electrons. The average Bonchev–Trinajstić information content (AvgIpc) is 3.16. The van der Waals surface area contributed by atoms with Crippen LogP contribution in [0, 0.1) is 13.8 Å². The molecule has 4 rings (SSSR count). The second kappa shape index (κ2) is 8.55. The number of nitrogens with one attached hydrogen (secondary N) is 2. The predicted octanol–water partition coefficient (Wildman–Crippen LogP) is 2.73. The summed E-state index contributed by atoms with van der Waals surface area (Å²) in [5, 5.41) is 6.98. The van der Waals surface area contributed by atoms with Crippen LogP contribution < -0.4 is 10.0 Å². The number of aryl methyl sites for hydroxylation is 1. The van der Waals surface area contributed by atoms with E-state index in [0.717, 1.165) is 0 Å². The summed E-state index contributed by atoms with van der Waals surface area (Å²) in [5.41, 5.74) is 2.08. The highest BCUT2D eigenvalue weighted by Gasteiger charge is 2.18. The van der Waals surface area contributed by atoms with Crippen molar-refractivity contribution in [1.82, 2.24) is 24.7 Å². The van der Waals surface area contributed by atoms with Crippen molar-refractivity contribution >= 4 is 27.6 Å². The monoisotopic (exact) mass is 449 g/mol. The summed E-state index contributed by atoms with van der Waals surface area (Å²) in [6.07, 6.45) is 4.58. The first-order chi connectivity index (χ1) is 15.3. The van der Waals surface area contributed by atoms with E-state index < -0.39 is 10.0 Å². The molecule has 0 saturated heterocycles. The van der Waals surface area contributed by atoms with E-state index in [-0.39, 0.29) is 16.8 Å². The van der Waals surface area contributed by atoms with E-state index in [1.807, 2.05) is 6.07 Å². The Kier molecular flexibility index (Phi) is 5.65. The zero-order valence-electron chi connectivity index (χ0n) is 17.2. The van der Waals surface area contributed by atoms with E-state index in [2.05, 4.69) is 30.1 Å². The van der Waals surface area contributed by atoms with Crippen molar-refractivity contribution in [2.75, 3.05) is 10.0 Å². The molecule has 2 N–H and O–H groups in total. The maximum absolute atomic E-state index is 12.7. The molecule has 0 aliphatic rings. The number of pyridine rings is 1. The van der Waals surface area contributed by atoms with Gasteiger partial charge in [-0.1, -0.05) is 6.07 Å². The van der Waals surface area contributed by atoms with Crippen LogP contribution in [0.5, 0.6) is 0 Å². The van der Waals surface area contributed by atoms with E-state index in [4.69, 9.17) is 0 Å². The number of hydrogen-bond donors (Lipinski definition) is 2. The zero-order chi connectivity index (χ0) is 22.7. The fourth-order valence-corrected chi connectivity index (χ4v) is 3.89. The van der Waals surface area contributed by atoms with Crippen molar-refractivity contribution in [3.8, 4) is 5.82 Å². The van der Waals surface area contributed by atoms with Gasteiger partial charge in [0.15, 0.2) is 5.82 Å². The number of rotatable bonds is 6. The Balaban J connectivity index is 1.48. The summed E-state index contributed by atoms with van der Waals surface area (Å²) >= 11 is 0. The third-order valence-corrected chi connectivity index (χ3v) is 5.91. The van der Waals surface area contributed by atoms with Crippen molar-refractivity contribution in [2.45, 2.75) is 18.7 Å². The van der Waals surface area contributed by atoms with Crippen LogP contribution in [0.3, 0.4) is 0 Å². The minimum Gasteiger partial charge on any atom is -0.322 e. The van der Waals surface area contributed by atoms with Crippen molar-refractivity contribution in [3.63, 3.8) is 0 Å². The van der Waals surface area contributed by atoms with Gasteiger partial charge in [0.2, 0.25) is 5.95 Å². The average molecular weight is 449 g/mol. The van der Waals surface area contributed by atoms with E-state index in [9.17, 15) is 13.2 Å². The first-order valence-corrected chi connectivity index (χ1v) is 11.0. The standard InChI is InChI=1S/C21H19N7O3S/c1-14-10-12-23-21(25-14)27-32(30,31)17-8-6-16(7-9-17)26-20(29)18-13-24-28(15(18)2)19-5-3-4-11-22-19/h3-13H,1-2H3,(H,26,29)(H,23,25,27). The zero-order valence-corrected chi connectivity index (χ0v) is 18.0. The summed E-state index contributed by atoms with van der Waals surface area (Å²) in [7, 11) is -3.87. The summed E-state index contributed by atoms with van der Waals surface area (Å²) in [6, 6.07) is 12.9. The summed E-state index contributed by atoms with van der Waals surface area (Å²) in [5.74, 6) is 0.220. The van der Waals surface area contributed by atoms with Crippen LogP contribution in [0.4, 0.5) is 11.6 Å². The molecular formula is C21H19N7O3S. The van der Waals surface area contributed by atoms with Gasteiger partial charge in [-0.05, 0) is 56.3 Å². The minimum absolute atomic E-state index is 0.0113. The molecule has 0 unspecified atom stereocenters. The van der Waals surface area contributed by atoms with E-state index in [0.29, 0.717) is 28.5 Å². The maximum atomic E-state index is 12.7. The van der Waals surface area contributed by atoms with Gasteiger partial charge >= 0.3 is 0 Å². The minimum atomic E-state index is -3.87. The Morgan fingerprint density at radius 1 is 0.969 bits per heavy atom. The van der Waals surface area contributed by atoms with Crippen LogP contribution in [-0.2, 0) is 10.0 Å². The highest BCUT2D eigenvalue weighted by Crippen LogP contribution is 2.18. The van der Waals surface area contributed by atoms with E-state index in [1.54, 1.807) is 42.9 Å². The molecule has 0 aliphatic carbocycles. The number of benzene rings is 1. The molecule has 11 heteroatoms. The molecule has 0 atom stereocenters. The lowest BCUT2D eigenvalue weighted by molar-refractivity contribution is 0.102. The SMILES string of the molecule is Cc1ccnc(NS(=O)(=O)c2ccc(NC(=O)c3cnn(-c4ccccn4)c3C)cc2)n1. The number of sulfonamides is 1. The number of amides is 1. The number of aromatic nitrogens is 5. The van der Waals surface area contributed by atoms with Crippen LogP contribution in [0.2, 0.25) is 0 Å². The molecule has 10 nitrogen and oxygen atoms in total. The Labute approximate surface area is 184 Å². The molecule has 0 radical (unpaired) electrons. The van der Waals surface area contributed by atoms with Crippen molar-refractivity contribution in [2.24, 2.45) is 0 Å². The summed E-state index contributed by atoms with van der Waals surface area (Å²) in [6.45, 7) is 3.50. The highest BCUT2D eigenvalue weighted by molar-refractivity contribution is 7.92. The van der Waals surface area contributed by atoms with Crippen LogP contribution in [0.25, 0.3) is 5.82 Å². The van der Waals surface area contributed by atoms with Crippen LogP contribution in [-0.4, -0.2) is 39.1 Å². The third-order valence-electron chi connectivity index (χ3n) is 4.56. The molecule has 3 aromatic heterocycles. The van der Waals surface area contributed by atoms with Crippen molar-refractivity contribution in [3.05, 3.63) is 84.1 Å². The van der Waals surface area contributed by atoms with Gasteiger partial charge in [-0.25, -0.2) is 32.8 Å². The quantitative estimate of drug-likeness (QED) is 0.462. The topological polar surface area (TPSA) is 132 Å². The first kappa shape index (κ1) is 21.1. The van der Waals surface area contributed by atoms with Gasteiger partial charge in [-0.2, -0.15) is 5.10 Å². The fraction of sp³-hybridized carbons (Fsp3) is 0.0952. The van der Waals surface area contributed by atoms with Gasteiger partial charge in [0.05, 0.1) is 22.3 Å². The Bertz CT molecular complexity index is 1370. The fourth-order valence-electron chi connectivity index (χ4n) is 2.94. The predicted molar refractivity (Wildman–Crippen MR) is 118 cm³/mol. The van der Waals surface area contributed by atoms with E-state index >= 15 is 0 Å². The van der Waals surface area contributed by atoms with Gasteiger partial charge in [-0.3, -0.25) is 4.79 Å². The molecule has 1 aromatic carbocycles. The van der Waals surface area contributed by atoms with Crippen molar-refractivity contribution < 1.29 is 13.2 Å². The van der Waals surface area contributed by atoms with Crippen LogP contribution >= 0.6 is 0 Å². The molecule has 0 saturated carbocycles. The lowest BCUT2D eigenvalue weighted by Gasteiger charge is -2.09. The summed E-state index contributed by atoms with van der Waals surface area (Å²) in [4.78, 5) is 24.9. The second-order valence-electron chi connectivity index (χ2n) is 6.85. The van der Waals surface area contributed by atoms with Crippen LogP contribution in [0.15, 0.2) is 72.0 Å². The Hall–Kier alpha value is -4.12. The number of nitrogens with zero attached hydrogens (tertiary/aromatic N) is 5. The first-order valence-electron chi connectivity index (χ1n) is 9.53. The number of carbonyl (C=O) groups is 1. The third kappa shape index (κ3) is 4.47. The largest absolute Gasteiger partial charge is 0.322 e. The molecular weight excluding hydrogens is 430 g/mol. The number of hydrogen-bond acceptors (Lipinski definition) is 7. The molecule has 0 bridgehead atoms. The number of carbonyl (C=O) groups excluding carboxylic acids is 1. The van der Waals surface area contributed by atoms with Gasteiger partial charge < -0.3 is 5.32 Å². The molecule has 32 heavy (non-hydrogen) atoms. The maximum Gasteiger partial charge on any atom is 0.264 e. The van der Waals surface area contributed by atoms with Crippen molar-refractivity contribution in [1.29, 1.82) is 0 Å². The van der Waals surface area contributed by atoms with Gasteiger partial charge in [-0.15, -0.1) is 0 Å². The normalized spacial score (nSPS) is 11.2. The second-order valence-corrected chi connectivity index (χ2v) is 8.53. The smallest absolute Gasteiger partial charge is 0.264 e. The molecule has 3 heterocycles. The lowest BCUT2D eigenvalue weighted by Crippen LogP contribution is -2.16. The lowest BCUT2D eigenvalue weighted by atomic mass is 10.2. The molecule has 0 fully saturated rings. The van der Waals surface area contributed by atoms with Crippen LogP contribution in [0.1, 0.15) is 21.7 Å². The van der Waals surface area contributed by atoms with Gasteiger partial charge in [0.1, 0.15) is 0 Å². The molecule has 0 aliphatic heterocycles. The van der Waals surface area contributed by atoms with E-state index in [1.165, 1.54) is 36.7 Å². The molecule has 4 aromatic rings. The van der Waals surface area contributed by atoms with Gasteiger partial charge in [0, 0.05) is 23.8 Å². The van der Waals surface area contributed by atoms with Gasteiger partial charge in [0.25, 0.3) is 15.9 Å². The summed E-state index contributed by atoms with van der Waals surface area (Å²) < 4.78 is 29.0. The highest BCUT2D eigenvalue weighted by atomic mass is 32.2. The molecule has 0 spiro atoms. The Morgan fingerprint density at radius 2 is 1.75 bits per heavy atom. The number of anilines is 2. The Morgan fingerprint density at radius 3 is 2.44 bits per heavy atom. The molecule has 1 amide bonds.